The van der Waals surface area contributed by atoms with E-state index in [-0.39, 0.29) is 17.0 Å². The maximum Gasteiger partial charge on any atom is 0.282 e. The molecule has 27 heavy (non-hydrogen) atoms. The third kappa shape index (κ3) is 4.04. The van der Waals surface area contributed by atoms with E-state index in [2.05, 4.69) is 15.5 Å². The SMILES string of the molecule is COc1ccc([N+](=O)[O-])c(C=NNc2nc(-c3ccccc3)cs2)c1OC. The van der Waals surface area contributed by atoms with Crippen molar-refractivity contribution in [1.82, 2.24) is 4.98 Å². The number of hydrogen-bond acceptors (Lipinski definition) is 8. The van der Waals surface area contributed by atoms with Crippen LogP contribution in [-0.4, -0.2) is 30.3 Å². The van der Waals surface area contributed by atoms with E-state index in [0.717, 1.165) is 11.3 Å². The summed E-state index contributed by atoms with van der Waals surface area (Å²) < 4.78 is 10.5. The van der Waals surface area contributed by atoms with Gasteiger partial charge in [0.05, 0.1) is 31.1 Å². The molecule has 0 saturated heterocycles. The van der Waals surface area contributed by atoms with Crippen LogP contribution in [0.4, 0.5) is 10.8 Å². The Balaban J connectivity index is 1.84. The maximum atomic E-state index is 11.3. The molecule has 8 nitrogen and oxygen atoms in total. The van der Waals surface area contributed by atoms with Gasteiger partial charge < -0.3 is 9.47 Å². The molecule has 0 saturated carbocycles. The van der Waals surface area contributed by atoms with E-state index in [4.69, 9.17) is 9.47 Å². The summed E-state index contributed by atoms with van der Waals surface area (Å²) in [7, 11) is 2.88. The predicted octanol–water partition coefficient (Wildman–Crippen LogP) is 4.18. The first-order valence-electron chi connectivity index (χ1n) is 7.83. The first-order chi connectivity index (χ1) is 13.1. The van der Waals surface area contributed by atoms with Crippen LogP contribution in [0.3, 0.4) is 0 Å². The van der Waals surface area contributed by atoms with Crippen LogP contribution in [-0.2, 0) is 0 Å². The lowest BCUT2D eigenvalue weighted by atomic mass is 10.1. The number of hydrogen-bond donors (Lipinski definition) is 1. The number of nitrogens with one attached hydrogen (secondary N) is 1. The van der Waals surface area contributed by atoms with Gasteiger partial charge in [-0.15, -0.1) is 11.3 Å². The molecule has 138 valence electrons. The number of anilines is 1. The van der Waals surface area contributed by atoms with Crippen LogP contribution in [0, 0.1) is 10.1 Å². The number of rotatable bonds is 7. The molecule has 3 aromatic rings. The lowest BCUT2D eigenvalue weighted by Crippen LogP contribution is -2.01. The Kier molecular flexibility index (Phi) is 5.62. The number of nitrogens with zero attached hydrogens (tertiary/aromatic N) is 3. The minimum absolute atomic E-state index is 0.137. The van der Waals surface area contributed by atoms with Crippen LogP contribution >= 0.6 is 11.3 Å². The second-order valence-electron chi connectivity index (χ2n) is 5.26. The molecule has 3 rings (SSSR count). The van der Waals surface area contributed by atoms with Crippen LogP contribution in [0.2, 0.25) is 0 Å². The predicted molar refractivity (Wildman–Crippen MR) is 105 cm³/mol. The Morgan fingerprint density at radius 1 is 1.19 bits per heavy atom. The minimum atomic E-state index is -0.500. The lowest BCUT2D eigenvalue weighted by molar-refractivity contribution is -0.385. The number of aromatic nitrogens is 1. The summed E-state index contributed by atoms with van der Waals surface area (Å²) in [6.45, 7) is 0. The summed E-state index contributed by atoms with van der Waals surface area (Å²) in [4.78, 5) is 15.2. The number of hydrazone groups is 1. The molecule has 0 amide bonds. The molecule has 0 atom stereocenters. The van der Waals surface area contributed by atoms with Gasteiger partial charge in [-0.3, -0.25) is 15.5 Å². The monoisotopic (exact) mass is 384 g/mol. The van der Waals surface area contributed by atoms with Crippen molar-refractivity contribution in [1.29, 1.82) is 0 Å². The standard InChI is InChI=1S/C18H16N4O4S/c1-25-16-9-8-15(22(23)24)13(17(16)26-2)10-19-21-18-20-14(11-27-18)12-6-4-3-5-7-12/h3-11H,1-2H3,(H,20,21). The van der Waals surface area contributed by atoms with Gasteiger partial charge in [-0.2, -0.15) is 5.10 Å². The van der Waals surface area contributed by atoms with Gasteiger partial charge in [0.15, 0.2) is 11.5 Å². The Bertz CT molecular complexity index is 973. The molecule has 0 aliphatic rings. The zero-order valence-electron chi connectivity index (χ0n) is 14.6. The highest BCUT2D eigenvalue weighted by Crippen LogP contribution is 2.36. The van der Waals surface area contributed by atoms with Gasteiger partial charge in [0.1, 0.15) is 5.56 Å². The molecule has 1 N–H and O–H groups in total. The fraction of sp³-hybridized carbons (Fsp3) is 0.111. The average Bonchev–Trinajstić information content (AvgIpc) is 3.16. The highest BCUT2D eigenvalue weighted by molar-refractivity contribution is 7.14. The second-order valence-corrected chi connectivity index (χ2v) is 6.12. The van der Waals surface area contributed by atoms with Crippen molar-refractivity contribution in [3.8, 4) is 22.8 Å². The maximum absolute atomic E-state index is 11.3. The molecule has 1 aromatic heterocycles. The second kappa shape index (κ2) is 8.28. The molecule has 0 bridgehead atoms. The van der Waals surface area contributed by atoms with E-state index in [1.165, 1.54) is 43.9 Å². The third-order valence-corrected chi connectivity index (χ3v) is 4.43. The Hall–Kier alpha value is -3.46. The molecule has 1 heterocycles. The van der Waals surface area contributed by atoms with Crippen molar-refractivity contribution in [3.05, 3.63) is 63.5 Å². The Morgan fingerprint density at radius 2 is 1.96 bits per heavy atom. The van der Waals surface area contributed by atoms with E-state index in [0.29, 0.717) is 10.9 Å². The summed E-state index contributed by atoms with van der Waals surface area (Å²) in [6.07, 6.45) is 1.32. The van der Waals surface area contributed by atoms with Crippen molar-refractivity contribution in [2.45, 2.75) is 0 Å². The van der Waals surface area contributed by atoms with E-state index < -0.39 is 4.92 Å². The molecule has 0 aliphatic carbocycles. The molecule has 2 aromatic carbocycles. The number of ether oxygens (including phenoxy) is 2. The van der Waals surface area contributed by atoms with Crippen molar-refractivity contribution < 1.29 is 14.4 Å². The van der Waals surface area contributed by atoms with E-state index in [1.54, 1.807) is 0 Å². The number of methoxy groups -OCH3 is 2. The fourth-order valence-electron chi connectivity index (χ4n) is 2.44. The molecular weight excluding hydrogens is 368 g/mol. The normalized spacial score (nSPS) is 10.7. The number of nitro groups is 1. The van der Waals surface area contributed by atoms with Crippen LogP contribution in [0.25, 0.3) is 11.3 Å². The van der Waals surface area contributed by atoms with Crippen molar-refractivity contribution >= 4 is 28.4 Å². The molecular formula is C18H16N4O4S. The average molecular weight is 384 g/mol. The van der Waals surface area contributed by atoms with Gasteiger partial charge in [0, 0.05) is 17.0 Å². The number of thiazole rings is 1. The van der Waals surface area contributed by atoms with Gasteiger partial charge in [0.2, 0.25) is 5.13 Å². The van der Waals surface area contributed by atoms with Crippen LogP contribution in [0.5, 0.6) is 11.5 Å². The lowest BCUT2D eigenvalue weighted by Gasteiger charge is -2.10. The topological polar surface area (TPSA) is 98.9 Å². The minimum Gasteiger partial charge on any atom is -0.493 e. The Morgan fingerprint density at radius 3 is 2.63 bits per heavy atom. The fourth-order valence-corrected chi connectivity index (χ4v) is 3.11. The number of nitro benzene ring substituents is 1. The third-order valence-electron chi connectivity index (χ3n) is 3.69. The molecule has 0 spiro atoms. The van der Waals surface area contributed by atoms with E-state index in [9.17, 15) is 10.1 Å². The van der Waals surface area contributed by atoms with Gasteiger partial charge in [-0.25, -0.2) is 4.98 Å². The van der Waals surface area contributed by atoms with Crippen molar-refractivity contribution in [3.63, 3.8) is 0 Å². The van der Waals surface area contributed by atoms with Crippen LogP contribution in [0.1, 0.15) is 5.56 Å². The zero-order valence-corrected chi connectivity index (χ0v) is 15.4. The smallest absolute Gasteiger partial charge is 0.282 e. The molecule has 9 heteroatoms. The molecule has 0 aliphatic heterocycles. The quantitative estimate of drug-likeness (QED) is 0.373. The summed E-state index contributed by atoms with van der Waals surface area (Å²) in [5.74, 6) is 0.617. The molecule has 0 unspecified atom stereocenters. The largest absolute Gasteiger partial charge is 0.493 e. The highest BCUT2D eigenvalue weighted by Gasteiger charge is 2.21. The molecule has 0 fully saturated rings. The van der Waals surface area contributed by atoms with Gasteiger partial charge in [-0.05, 0) is 6.07 Å². The van der Waals surface area contributed by atoms with Gasteiger partial charge in [-0.1, -0.05) is 30.3 Å². The van der Waals surface area contributed by atoms with Gasteiger partial charge in [0.25, 0.3) is 5.69 Å². The highest BCUT2D eigenvalue weighted by atomic mass is 32.1. The summed E-state index contributed by atoms with van der Waals surface area (Å²) >= 11 is 1.38. The molecule has 0 radical (unpaired) electrons. The van der Waals surface area contributed by atoms with Crippen LogP contribution < -0.4 is 14.9 Å². The summed E-state index contributed by atoms with van der Waals surface area (Å²) in [5, 5.41) is 17.8. The Labute approximate surface area is 159 Å². The van der Waals surface area contributed by atoms with E-state index in [1.807, 2.05) is 35.7 Å². The summed E-state index contributed by atoms with van der Waals surface area (Å²) in [5.41, 5.74) is 4.68. The summed E-state index contributed by atoms with van der Waals surface area (Å²) in [6, 6.07) is 12.6. The number of benzene rings is 2. The van der Waals surface area contributed by atoms with Crippen LogP contribution in [0.15, 0.2) is 52.9 Å². The van der Waals surface area contributed by atoms with Gasteiger partial charge >= 0.3 is 0 Å². The first-order valence-corrected chi connectivity index (χ1v) is 8.71. The first kappa shape index (κ1) is 18.3. The zero-order chi connectivity index (χ0) is 19.2. The van der Waals surface area contributed by atoms with E-state index >= 15 is 0 Å². The van der Waals surface area contributed by atoms with Crippen molar-refractivity contribution in [2.75, 3.05) is 19.6 Å². The van der Waals surface area contributed by atoms with Crippen molar-refractivity contribution in [2.24, 2.45) is 5.10 Å².